The number of amides is 2. The van der Waals surface area contributed by atoms with Gasteiger partial charge in [-0.2, -0.15) is 0 Å². The molecule has 1 aliphatic rings. The average molecular weight is 427 g/mol. The fourth-order valence-electron chi connectivity index (χ4n) is 3.49. The van der Waals surface area contributed by atoms with Crippen LogP contribution in [0.25, 0.3) is 10.8 Å². The summed E-state index contributed by atoms with van der Waals surface area (Å²) in [5, 5.41) is 2.24. The third-order valence-electron chi connectivity index (χ3n) is 5.16. The molecule has 7 heteroatoms. The van der Waals surface area contributed by atoms with Gasteiger partial charge in [-0.3, -0.25) is 9.59 Å². The second kappa shape index (κ2) is 8.71. The third-order valence-corrected chi connectivity index (χ3v) is 5.48. The molecule has 3 aromatic rings. The van der Waals surface area contributed by atoms with E-state index in [1.54, 1.807) is 9.80 Å². The molecule has 30 heavy (non-hydrogen) atoms. The Hall–Kier alpha value is -3.12. The zero-order valence-corrected chi connectivity index (χ0v) is 16.9. The molecule has 0 N–H and O–H groups in total. The van der Waals surface area contributed by atoms with Gasteiger partial charge in [0, 0.05) is 26.2 Å². The number of hydrogen-bond acceptors (Lipinski definition) is 3. The van der Waals surface area contributed by atoms with Crippen LogP contribution in [0.15, 0.2) is 60.7 Å². The van der Waals surface area contributed by atoms with Gasteiger partial charge >= 0.3 is 0 Å². The highest BCUT2D eigenvalue weighted by molar-refractivity contribution is 6.33. The van der Waals surface area contributed by atoms with E-state index in [9.17, 15) is 14.0 Å². The Morgan fingerprint density at radius 3 is 2.33 bits per heavy atom. The molecule has 0 aromatic heterocycles. The molecule has 154 valence electrons. The lowest BCUT2D eigenvalue weighted by molar-refractivity contribution is -0.134. The first-order valence-electron chi connectivity index (χ1n) is 9.65. The standard InChI is InChI=1S/C23H20ClFN2O3/c24-21-14-18(25)6-8-20(21)23(29)27-11-9-26(10-12-27)22(28)15-30-19-7-5-16-3-1-2-4-17(16)13-19/h1-8,13-14H,9-12,15H2. The lowest BCUT2D eigenvalue weighted by Crippen LogP contribution is -2.51. The summed E-state index contributed by atoms with van der Waals surface area (Å²) in [5.74, 6) is -0.241. The summed E-state index contributed by atoms with van der Waals surface area (Å²) in [6.45, 7) is 1.52. The summed E-state index contributed by atoms with van der Waals surface area (Å²) < 4.78 is 18.9. The van der Waals surface area contributed by atoms with Crippen molar-refractivity contribution in [2.45, 2.75) is 0 Å². The van der Waals surface area contributed by atoms with Crippen LogP contribution in [0.1, 0.15) is 10.4 Å². The van der Waals surface area contributed by atoms with Crippen molar-refractivity contribution in [3.63, 3.8) is 0 Å². The second-order valence-corrected chi connectivity index (χ2v) is 7.50. The highest BCUT2D eigenvalue weighted by atomic mass is 35.5. The first-order valence-corrected chi connectivity index (χ1v) is 10.0. The first kappa shape index (κ1) is 20.2. The minimum Gasteiger partial charge on any atom is -0.484 e. The van der Waals surface area contributed by atoms with Crippen molar-refractivity contribution in [1.82, 2.24) is 9.80 Å². The molecule has 1 fully saturated rings. The van der Waals surface area contributed by atoms with Gasteiger partial charge in [-0.25, -0.2) is 4.39 Å². The molecule has 0 spiro atoms. The lowest BCUT2D eigenvalue weighted by atomic mass is 10.1. The topological polar surface area (TPSA) is 49.9 Å². The van der Waals surface area contributed by atoms with E-state index < -0.39 is 5.82 Å². The van der Waals surface area contributed by atoms with Crippen LogP contribution in [-0.4, -0.2) is 54.4 Å². The van der Waals surface area contributed by atoms with Crippen molar-refractivity contribution in [3.05, 3.63) is 77.1 Å². The molecule has 1 saturated heterocycles. The van der Waals surface area contributed by atoms with E-state index >= 15 is 0 Å². The molecule has 0 aliphatic carbocycles. The Bertz CT molecular complexity index is 1100. The quantitative estimate of drug-likeness (QED) is 0.633. The Morgan fingerprint density at radius 1 is 0.900 bits per heavy atom. The van der Waals surface area contributed by atoms with Crippen molar-refractivity contribution in [3.8, 4) is 5.75 Å². The number of halogens is 2. The molecule has 2 amide bonds. The second-order valence-electron chi connectivity index (χ2n) is 7.09. The Morgan fingerprint density at radius 2 is 1.60 bits per heavy atom. The summed E-state index contributed by atoms with van der Waals surface area (Å²) in [5.41, 5.74) is 0.262. The Balaban J connectivity index is 1.31. The van der Waals surface area contributed by atoms with Crippen LogP contribution in [0.4, 0.5) is 4.39 Å². The molecular formula is C23H20ClFN2O3. The number of nitrogens with zero attached hydrogens (tertiary/aromatic N) is 2. The van der Waals surface area contributed by atoms with E-state index in [1.165, 1.54) is 12.1 Å². The summed E-state index contributed by atoms with van der Waals surface area (Å²) >= 11 is 5.99. The zero-order valence-electron chi connectivity index (χ0n) is 16.2. The van der Waals surface area contributed by atoms with Crippen LogP contribution in [0.5, 0.6) is 5.75 Å². The van der Waals surface area contributed by atoms with Crippen LogP contribution >= 0.6 is 11.6 Å². The van der Waals surface area contributed by atoms with Gasteiger partial charge in [-0.1, -0.05) is 41.9 Å². The van der Waals surface area contributed by atoms with Gasteiger partial charge in [0.05, 0.1) is 10.6 Å². The van der Waals surface area contributed by atoms with Gasteiger partial charge in [0.25, 0.3) is 11.8 Å². The number of fused-ring (bicyclic) bond motifs is 1. The summed E-state index contributed by atoms with van der Waals surface area (Å²) in [7, 11) is 0. The van der Waals surface area contributed by atoms with Crippen molar-refractivity contribution in [2.24, 2.45) is 0 Å². The molecule has 3 aromatic carbocycles. The van der Waals surface area contributed by atoms with E-state index in [1.807, 2.05) is 42.5 Å². The summed E-state index contributed by atoms with van der Waals surface area (Å²) in [6, 6.07) is 17.4. The molecule has 0 unspecified atom stereocenters. The minimum absolute atomic E-state index is 0.0594. The Labute approximate surface area is 178 Å². The van der Waals surface area contributed by atoms with E-state index in [-0.39, 0.29) is 29.0 Å². The van der Waals surface area contributed by atoms with Gasteiger partial charge < -0.3 is 14.5 Å². The van der Waals surface area contributed by atoms with Crippen LogP contribution in [-0.2, 0) is 4.79 Å². The monoisotopic (exact) mass is 426 g/mol. The molecular weight excluding hydrogens is 407 g/mol. The highest BCUT2D eigenvalue weighted by Crippen LogP contribution is 2.21. The normalized spacial score (nSPS) is 14.1. The maximum Gasteiger partial charge on any atom is 0.260 e. The van der Waals surface area contributed by atoms with Gasteiger partial charge in [0.15, 0.2) is 6.61 Å². The molecule has 5 nitrogen and oxygen atoms in total. The number of carbonyl (C=O) groups excluding carboxylic acids is 2. The highest BCUT2D eigenvalue weighted by Gasteiger charge is 2.26. The number of carbonyl (C=O) groups is 2. The maximum atomic E-state index is 13.2. The number of hydrogen-bond donors (Lipinski definition) is 0. The van der Waals surface area contributed by atoms with Crippen LogP contribution in [0, 0.1) is 5.82 Å². The van der Waals surface area contributed by atoms with Gasteiger partial charge in [0.1, 0.15) is 11.6 Å². The number of rotatable bonds is 4. The lowest BCUT2D eigenvalue weighted by Gasteiger charge is -2.34. The Kier molecular flexibility index (Phi) is 5.86. The summed E-state index contributed by atoms with van der Waals surface area (Å²) in [4.78, 5) is 28.4. The third kappa shape index (κ3) is 4.39. The smallest absolute Gasteiger partial charge is 0.260 e. The summed E-state index contributed by atoms with van der Waals surface area (Å²) in [6.07, 6.45) is 0. The van der Waals surface area contributed by atoms with Crippen molar-refractivity contribution >= 4 is 34.2 Å². The maximum absolute atomic E-state index is 13.2. The number of piperazine rings is 1. The van der Waals surface area contributed by atoms with Crippen LogP contribution in [0.2, 0.25) is 5.02 Å². The van der Waals surface area contributed by atoms with E-state index in [0.29, 0.717) is 31.9 Å². The SMILES string of the molecule is O=C(COc1ccc2ccccc2c1)N1CCN(C(=O)c2ccc(F)cc2Cl)CC1. The van der Waals surface area contributed by atoms with Crippen molar-refractivity contribution < 1.29 is 18.7 Å². The molecule has 4 rings (SSSR count). The van der Waals surface area contributed by atoms with Crippen LogP contribution < -0.4 is 4.74 Å². The predicted octanol–water partition coefficient (Wildman–Crippen LogP) is 4.00. The van der Waals surface area contributed by atoms with Crippen LogP contribution in [0.3, 0.4) is 0 Å². The molecule has 1 heterocycles. The minimum atomic E-state index is -0.488. The van der Waals surface area contributed by atoms with Crippen molar-refractivity contribution in [1.29, 1.82) is 0 Å². The molecule has 0 radical (unpaired) electrons. The zero-order chi connectivity index (χ0) is 21.1. The first-order chi connectivity index (χ1) is 14.5. The molecule has 0 saturated carbocycles. The predicted molar refractivity (Wildman–Crippen MR) is 113 cm³/mol. The van der Waals surface area contributed by atoms with Gasteiger partial charge in [-0.15, -0.1) is 0 Å². The largest absolute Gasteiger partial charge is 0.484 e. The fraction of sp³-hybridized carbons (Fsp3) is 0.217. The molecule has 0 bridgehead atoms. The van der Waals surface area contributed by atoms with Gasteiger partial charge in [-0.05, 0) is 41.1 Å². The van der Waals surface area contributed by atoms with Gasteiger partial charge in [0.2, 0.25) is 0 Å². The molecule has 1 aliphatic heterocycles. The average Bonchev–Trinajstić information content (AvgIpc) is 2.77. The fourth-order valence-corrected chi connectivity index (χ4v) is 3.73. The van der Waals surface area contributed by atoms with E-state index in [0.717, 1.165) is 16.8 Å². The van der Waals surface area contributed by atoms with E-state index in [2.05, 4.69) is 0 Å². The molecule has 0 atom stereocenters. The number of ether oxygens (including phenoxy) is 1. The van der Waals surface area contributed by atoms with E-state index in [4.69, 9.17) is 16.3 Å². The van der Waals surface area contributed by atoms with Crippen molar-refractivity contribution in [2.75, 3.05) is 32.8 Å². The number of benzene rings is 3.